The molecule has 3 heteroatoms. The quantitative estimate of drug-likeness (QED) is 0.805. The van der Waals surface area contributed by atoms with Crippen molar-refractivity contribution < 1.29 is 0 Å². The van der Waals surface area contributed by atoms with Crippen LogP contribution in [0.15, 0.2) is 18.3 Å². The molecule has 0 aliphatic rings. The molecule has 1 heterocycles. The van der Waals surface area contributed by atoms with Gasteiger partial charge in [0.15, 0.2) is 0 Å². The molecule has 0 aliphatic carbocycles. The summed E-state index contributed by atoms with van der Waals surface area (Å²) in [5.41, 5.74) is 1.12. The summed E-state index contributed by atoms with van der Waals surface area (Å²) in [6.07, 6.45) is 4.34. The van der Waals surface area contributed by atoms with Gasteiger partial charge in [-0.25, -0.2) is 4.98 Å². The fourth-order valence-corrected chi connectivity index (χ4v) is 2.32. The minimum absolute atomic E-state index is 0.534. The number of hydrogen-bond donors (Lipinski definition) is 1. The van der Waals surface area contributed by atoms with E-state index in [9.17, 15) is 0 Å². The second-order valence-electron chi connectivity index (χ2n) is 6.40. The molecule has 0 aliphatic heterocycles. The third kappa shape index (κ3) is 5.95. The van der Waals surface area contributed by atoms with E-state index in [2.05, 4.69) is 50.1 Å². The first-order valence-corrected chi connectivity index (χ1v) is 7.28. The fraction of sp³-hybridized carbons (Fsp3) is 0.688. The lowest BCUT2D eigenvalue weighted by molar-refractivity contribution is 0.442. The van der Waals surface area contributed by atoms with E-state index in [1.807, 2.05) is 25.2 Å². The van der Waals surface area contributed by atoms with E-state index in [0.717, 1.165) is 11.5 Å². The van der Waals surface area contributed by atoms with E-state index < -0.39 is 0 Å². The van der Waals surface area contributed by atoms with Gasteiger partial charge in [-0.3, -0.25) is 0 Å². The second-order valence-corrected chi connectivity index (χ2v) is 6.40. The van der Waals surface area contributed by atoms with Crippen molar-refractivity contribution >= 4 is 11.5 Å². The van der Waals surface area contributed by atoms with E-state index in [1.54, 1.807) is 0 Å². The molecule has 1 aromatic rings. The Balaban J connectivity index is 2.66. The Hall–Kier alpha value is -1.25. The first-order chi connectivity index (χ1) is 8.88. The molecule has 1 N–H and O–H groups in total. The molecule has 0 spiro atoms. The molecule has 108 valence electrons. The summed E-state index contributed by atoms with van der Waals surface area (Å²) < 4.78 is 0. The van der Waals surface area contributed by atoms with Gasteiger partial charge in [-0.05, 0) is 36.8 Å². The van der Waals surface area contributed by atoms with E-state index in [0.29, 0.717) is 17.9 Å². The monoisotopic (exact) mass is 263 g/mol. The first-order valence-electron chi connectivity index (χ1n) is 7.28. The van der Waals surface area contributed by atoms with Gasteiger partial charge in [-0.15, -0.1) is 0 Å². The van der Waals surface area contributed by atoms with Crippen molar-refractivity contribution in [2.45, 2.75) is 46.6 Å². The summed E-state index contributed by atoms with van der Waals surface area (Å²) in [6.45, 7) is 9.12. The van der Waals surface area contributed by atoms with Crippen molar-refractivity contribution in [3.8, 4) is 0 Å². The molecule has 0 amide bonds. The summed E-state index contributed by atoms with van der Waals surface area (Å²) in [6, 6.07) is 4.71. The average molecular weight is 263 g/mol. The minimum Gasteiger partial charge on any atom is -0.381 e. The molecule has 0 radical (unpaired) electrons. The summed E-state index contributed by atoms with van der Waals surface area (Å²) in [5.74, 6) is 2.42. The normalized spacial score (nSPS) is 11.4. The topological polar surface area (TPSA) is 28.2 Å². The zero-order valence-corrected chi connectivity index (χ0v) is 13.3. The Labute approximate surface area is 118 Å². The van der Waals surface area contributed by atoms with E-state index >= 15 is 0 Å². The van der Waals surface area contributed by atoms with Crippen LogP contribution in [0.3, 0.4) is 0 Å². The zero-order valence-electron chi connectivity index (χ0n) is 13.3. The van der Waals surface area contributed by atoms with E-state index in [1.165, 1.54) is 12.8 Å². The third-order valence-corrected chi connectivity index (χ3v) is 3.09. The SMILES string of the molecule is CC(C)CC(CC(C)C)Nc1ccc(N(C)C)nc1. The lowest BCUT2D eigenvalue weighted by atomic mass is 9.95. The predicted octanol–water partition coefficient (Wildman–Crippen LogP) is 4.02. The van der Waals surface area contributed by atoms with Crippen LogP contribution in [0.2, 0.25) is 0 Å². The summed E-state index contributed by atoms with van der Waals surface area (Å²) in [4.78, 5) is 6.47. The number of anilines is 2. The average Bonchev–Trinajstić information content (AvgIpc) is 2.27. The van der Waals surface area contributed by atoms with Gasteiger partial charge in [0.2, 0.25) is 0 Å². The maximum Gasteiger partial charge on any atom is 0.128 e. The highest BCUT2D eigenvalue weighted by atomic mass is 15.1. The standard InChI is InChI=1S/C16H29N3/c1-12(2)9-15(10-13(3)4)18-14-7-8-16(17-11-14)19(5)6/h7-8,11-13,15,18H,9-10H2,1-6H3. The molecule has 1 aromatic heterocycles. The molecule has 19 heavy (non-hydrogen) atoms. The Kier molecular flexibility index (Phi) is 6.13. The fourth-order valence-electron chi connectivity index (χ4n) is 2.32. The van der Waals surface area contributed by atoms with Gasteiger partial charge in [-0.1, -0.05) is 27.7 Å². The van der Waals surface area contributed by atoms with Crippen LogP contribution in [0.1, 0.15) is 40.5 Å². The van der Waals surface area contributed by atoms with Gasteiger partial charge in [0.25, 0.3) is 0 Å². The van der Waals surface area contributed by atoms with Gasteiger partial charge >= 0.3 is 0 Å². The molecule has 0 saturated heterocycles. The second kappa shape index (κ2) is 7.37. The van der Waals surface area contributed by atoms with E-state index in [4.69, 9.17) is 0 Å². The van der Waals surface area contributed by atoms with Crippen molar-refractivity contribution in [3.63, 3.8) is 0 Å². The highest BCUT2D eigenvalue weighted by molar-refractivity contribution is 5.48. The van der Waals surface area contributed by atoms with Gasteiger partial charge in [0.05, 0.1) is 11.9 Å². The number of rotatable bonds is 7. The van der Waals surface area contributed by atoms with E-state index in [-0.39, 0.29) is 0 Å². The molecular weight excluding hydrogens is 234 g/mol. The summed E-state index contributed by atoms with van der Waals surface area (Å²) in [5, 5.41) is 3.63. The van der Waals surface area contributed by atoms with Gasteiger partial charge in [0.1, 0.15) is 5.82 Å². The molecule has 0 unspecified atom stereocenters. The van der Waals surface area contributed by atoms with Crippen molar-refractivity contribution in [2.75, 3.05) is 24.3 Å². The minimum atomic E-state index is 0.534. The Morgan fingerprint density at radius 1 is 1.05 bits per heavy atom. The number of nitrogens with zero attached hydrogens (tertiary/aromatic N) is 2. The smallest absolute Gasteiger partial charge is 0.128 e. The molecular formula is C16H29N3. The van der Waals surface area contributed by atoms with Crippen LogP contribution in [0.25, 0.3) is 0 Å². The van der Waals surface area contributed by atoms with Crippen LogP contribution in [-0.4, -0.2) is 25.1 Å². The van der Waals surface area contributed by atoms with Crippen LogP contribution in [0.4, 0.5) is 11.5 Å². The van der Waals surface area contributed by atoms with Crippen molar-refractivity contribution in [1.82, 2.24) is 4.98 Å². The number of pyridine rings is 1. The van der Waals surface area contributed by atoms with Crippen LogP contribution in [-0.2, 0) is 0 Å². The number of hydrogen-bond acceptors (Lipinski definition) is 3. The molecule has 0 fully saturated rings. The Bertz CT molecular complexity index is 345. The lowest BCUT2D eigenvalue weighted by Crippen LogP contribution is -2.23. The largest absolute Gasteiger partial charge is 0.381 e. The Morgan fingerprint density at radius 3 is 2.00 bits per heavy atom. The maximum atomic E-state index is 4.45. The van der Waals surface area contributed by atoms with Crippen LogP contribution < -0.4 is 10.2 Å². The van der Waals surface area contributed by atoms with Crippen molar-refractivity contribution in [3.05, 3.63) is 18.3 Å². The molecule has 3 nitrogen and oxygen atoms in total. The summed E-state index contributed by atoms with van der Waals surface area (Å²) in [7, 11) is 4.02. The molecule has 1 rings (SSSR count). The highest BCUT2D eigenvalue weighted by Crippen LogP contribution is 2.19. The van der Waals surface area contributed by atoms with Gasteiger partial charge < -0.3 is 10.2 Å². The number of nitrogens with one attached hydrogen (secondary N) is 1. The van der Waals surface area contributed by atoms with Crippen LogP contribution in [0, 0.1) is 11.8 Å². The molecule has 0 saturated carbocycles. The summed E-state index contributed by atoms with van der Waals surface area (Å²) >= 11 is 0. The van der Waals surface area contributed by atoms with Gasteiger partial charge in [-0.2, -0.15) is 0 Å². The zero-order chi connectivity index (χ0) is 14.4. The van der Waals surface area contributed by atoms with Gasteiger partial charge in [0, 0.05) is 20.1 Å². The first kappa shape index (κ1) is 15.8. The van der Waals surface area contributed by atoms with Crippen molar-refractivity contribution in [2.24, 2.45) is 11.8 Å². The Morgan fingerprint density at radius 2 is 1.63 bits per heavy atom. The molecule has 0 atom stereocenters. The van der Waals surface area contributed by atoms with Crippen LogP contribution >= 0.6 is 0 Å². The lowest BCUT2D eigenvalue weighted by Gasteiger charge is -2.23. The third-order valence-electron chi connectivity index (χ3n) is 3.09. The highest BCUT2D eigenvalue weighted by Gasteiger charge is 2.13. The number of aromatic nitrogens is 1. The predicted molar refractivity (Wildman–Crippen MR) is 84.9 cm³/mol. The van der Waals surface area contributed by atoms with Crippen molar-refractivity contribution in [1.29, 1.82) is 0 Å². The van der Waals surface area contributed by atoms with Crippen LogP contribution in [0.5, 0.6) is 0 Å². The molecule has 0 aromatic carbocycles. The molecule has 0 bridgehead atoms. The maximum absolute atomic E-state index is 4.45.